The molecule has 3 heteroatoms. The van der Waals surface area contributed by atoms with Crippen molar-refractivity contribution in [2.45, 2.75) is 33.2 Å². The van der Waals surface area contributed by atoms with Gasteiger partial charge in [-0.1, -0.05) is 26.0 Å². The molecule has 1 aliphatic carbocycles. The zero-order valence-corrected chi connectivity index (χ0v) is 12.8. The molecule has 0 bridgehead atoms. The molecule has 0 unspecified atom stereocenters. The van der Waals surface area contributed by atoms with E-state index in [0.717, 1.165) is 24.3 Å². The molecule has 1 aromatic heterocycles. The number of fused-ring (bicyclic) bond motifs is 1. The zero-order valence-electron chi connectivity index (χ0n) is 12.8. The smallest absolute Gasteiger partial charge is 0.165 e. The van der Waals surface area contributed by atoms with Crippen LogP contribution in [0.15, 0.2) is 36.5 Å². The van der Waals surface area contributed by atoms with Gasteiger partial charge in [-0.15, -0.1) is 0 Å². The zero-order chi connectivity index (χ0) is 15.0. The van der Waals surface area contributed by atoms with Gasteiger partial charge in [0.25, 0.3) is 0 Å². The molecular weight excluding hydrogens is 262 g/mol. The second-order valence-corrected chi connectivity index (χ2v) is 6.59. The predicted octanol–water partition coefficient (Wildman–Crippen LogP) is 3.70. The number of ketones is 1. The van der Waals surface area contributed by atoms with Gasteiger partial charge >= 0.3 is 0 Å². The van der Waals surface area contributed by atoms with Crippen molar-refractivity contribution >= 4 is 5.78 Å². The van der Waals surface area contributed by atoms with E-state index in [9.17, 15) is 4.79 Å². The average molecular weight is 283 g/mol. The number of hydrogen-bond acceptors (Lipinski definition) is 2. The van der Waals surface area contributed by atoms with E-state index < -0.39 is 0 Å². The Morgan fingerprint density at radius 2 is 1.86 bits per heavy atom. The molecule has 21 heavy (non-hydrogen) atoms. The summed E-state index contributed by atoms with van der Waals surface area (Å²) in [7, 11) is 1.67. The summed E-state index contributed by atoms with van der Waals surface area (Å²) < 4.78 is 7.39. The second kappa shape index (κ2) is 5.06. The average Bonchev–Trinajstić information content (AvgIpc) is 2.81. The number of carbonyl (C=O) groups is 1. The van der Waals surface area contributed by atoms with Crippen LogP contribution in [0.1, 0.15) is 41.9 Å². The summed E-state index contributed by atoms with van der Waals surface area (Å²) in [4.78, 5) is 12.2. The van der Waals surface area contributed by atoms with Crippen molar-refractivity contribution in [1.82, 2.24) is 4.57 Å². The second-order valence-electron chi connectivity index (χ2n) is 6.59. The van der Waals surface area contributed by atoms with Crippen LogP contribution in [0.4, 0.5) is 0 Å². The van der Waals surface area contributed by atoms with Crippen LogP contribution in [0.2, 0.25) is 0 Å². The van der Waals surface area contributed by atoms with Crippen molar-refractivity contribution < 1.29 is 9.53 Å². The SMILES string of the molecule is COc1ccc(Cn2ccc3c2CC(C)(C)CC3=O)cc1. The third-order valence-corrected chi connectivity index (χ3v) is 4.18. The summed E-state index contributed by atoms with van der Waals surface area (Å²) in [5.74, 6) is 1.14. The molecule has 1 heterocycles. The van der Waals surface area contributed by atoms with Crippen molar-refractivity contribution in [2.24, 2.45) is 5.41 Å². The lowest BCUT2D eigenvalue weighted by atomic mass is 9.76. The number of benzene rings is 1. The lowest BCUT2D eigenvalue weighted by Crippen LogP contribution is -2.28. The fraction of sp³-hybridized carbons (Fsp3) is 0.389. The Hall–Kier alpha value is -2.03. The van der Waals surface area contributed by atoms with E-state index in [0.29, 0.717) is 6.42 Å². The van der Waals surface area contributed by atoms with Crippen molar-refractivity contribution in [3.05, 3.63) is 53.3 Å². The number of rotatable bonds is 3. The molecule has 3 rings (SSSR count). The molecule has 0 atom stereocenters. The summed E-state index contributed by atoms with van der Waals surface area (Å²) in [6.07, 6.45) is 3.64. The van der Waals surface area contributed by atoms with E-state index in [1.807, 2.05) is 24.4 Å². The lowest BCUT2D eigenvalue weighted by molar-refractivity contribution is 0.0910. The summed E-state index contributed by atoms with van der Waals surface area (Å²) in [6.45, 7) is 5.12. The van der Waals surface area contributed by atoms with Crippen molar-refractivity contribution in [3.63, 3.8) is 0 Å². The summed E-state index contributed by atoms with van der Waals surface area (Å²) >= 11 is 0. The van der Waals surface area contributed by atoms with Crippen LogP contribution in [0, 0.1) is 5.41 Å². The minimum absolute atomic E-state index is 0.0556. The maximum Gasteiger partial charge on any atom is 0.165 e. The Labute approximate surface area is 125 Å². The van der Waals surface area contributed by atoms with Crippen LogP contribution in [0.5, 0.6) is 5.75 Å². The quantitative estimate of drug-likeness (QED) is 0.860. The fourth-order valence-electron chi connectivity index (χ4n) is 3.08. The van der Waals surface area contributed by atoms with E-state index in [4.69, 9.17) is 4.74 Å². The van der Waals surface area contributed by atoms with Gasteiger partial charge < -0.3 is 9.30 Å². The van der Waals surface area contributed by atoms with Crippen LogP contribution >= 0.6 is 0 Å². The predicted molar refractivity (Wildman–Crippen MR) is 83.0 cm³/mol. The molecule has 1 aromatic carbocycles. The molecule has 0 aliphatic heterocycles. The Morgan fingerprint density at radius 3 is 2.52 bits per heavy atom. The highest BCUT2D eigenvalue weighted by molar-refractivity contribution is 5.98. The van der Waals surface area contributed by atoms with Gasteiger partial charge in [-0.05, 0) is 35.6 Å². The van der Waals surface area contributed by atoms with Crippen LogP contribution in [-0.2, 0) is 13.0 Å². The molecule has 0 N–H and O–H groups in total. The Balaban J connectivity index is 1.88. The maximum absolute atomic E-state index is 12.2. The van der Waals surface area contributed by atoms with E-state index in [2.05, 4.69) is 30.5 Å². The summed E-state index contributed by atoms with van der Waals surface area (Å²) in [6, 6.07) is 10.1. The first-order valence-electron chi connectivity index (χ1n) is 7.33. The Morgan fingerprint density at radius 1 is 1.14 bits per heavy atom. The van der Waals surface area contributed by atoms with Gasteiger partial charge in [-0.2, -0.15) is 0 Å². The molecule has 0 amide bonds. The minimum Gasteiger partial charge on any atom is -0.497 e. The van der Waals surface area contributed by atoms with E-state index in [-0.39, 0.29) is 11.2 Å². The van der Waals surface area contributed by atoms with E-state index in [1.165, 1.54) is 11.3 Å². The molecule has 0 saturated carbocycles. The molecule has 0 spiro atoms. The van der Waals surface area contributed by atoms with Crippen molar-refractivity contribution in [2.75, 3.05) is 7.11 Å². The number of Topliss-reactive ketones (excluding diaryl/α,β-unsaturated/α-hetero) is 1. The molecule has 0 radical (unpaired) electrons. The van der Waals surface area contributed by atoms with Gasteiger partial charge in [0.05, 0.1) is 7.11 Å². The summed E-state index contributed by atoms with van der Waals surface area (Å²) in [5, 5.41) is 0. The highest BCUT2D eigenvalue weighted by atomic mass is 16.5. The van der Waals surface area contributed by atoms with Gasteiger partial charge in [-0.3, -0.25) is 4.79 Å². The van der Waals surface area contributed by atoms with Gasteiger partial charge in [0.15, 0.2) is 5.78 Å². The topological polar surface area (TPSA) is 31.2 Å². The lowest BCUT2D eigenvalue weighted by Gasteiger charge is -2.29. The maximum atomic E-state index is 12.2. The number of ether oxygens (including phenoxy) is 1. The fourth-order valence-corrected chi connectivity index (χ4v) is 3.08. The number of nitrogens with zero attached hydrogens (tertiary/aromatic N) is 1. The molecule has 1 aliphatic rings. The summed E-state index contributed by atoms with van der Waals surface area (Å²) in [5.41, 5.74) is 3.35. The highest BCUT2D eigenvalue weighted by Crippen LogP contribution is 2.35. The van der Waals surface area contributed by atoms with Gasteiger partial charge in [0, 0.05) is 30.4 Å². The monoisotopic (exact) mass is 283 g/mol. The van der Waals surface area contributed by atoms with Crippen molar-refractivity contribution in [1.29, 1.82) is 0 Å². The number of hydrogen-bond donors (Lipinski definition) is 0. The van der Waals surface area contributed by atoms with Crippen LogP contribution in [-0.4, -0.2) is 17.5 Å². The number of aromatic nitrogens is 1. The first kappa shape index (κ1) is 13.9. The minimum atomic E-state index is 0.0556. The van der Waals surface area contributed by atoms with Crippen LogP contribution < -0.4 is 4.74 Å². The van der Waals surface area contributed by atoms with E-state index in [1.54, 1.807) is 7.11 Å². The Kier molecular flexibility index (Phi) is 3.36. The van der Waals surface area contributed by atoms with Gasteiger partial charge in [0.2, 0.25) is 0 Å². The highest BCUT2D eigenvalue weighted by Gasteiger charge is 2.32. The first-order valence-corrected chi connectivity index (χ1v) is 7.33. The molecular formula is C18H21NO2. The number of methoxy groups -OCH3 is 1. The molecule has 0 saturated heterocycles. The van der Waals surface area contributed by atoms with Gasteiger partial charge in [-0.25, -0.2) is 0 Å². The van der Waals surface area contributed by atoms with Crippen LogP contribution in [0.25, 0.3) is 0 Å². The molecule has 2 aromatic rings. The largest absolute Gasteiger partial charge is 0.497 e. The molecule has 3 nitrogen and oxygen atoms in total. The van der Waals surface area contributed by atoms with Crippen molar-refractivity contribution in [3.8, 4) is 5.75 Å². The van der Waals surface area contributed by atoms with Gasteiger partial charge in [0.1, 0.15) is 5.75 Å². The molecule has 110 valence electrons. The standard InChI is InChI=1S/C18H21NO2/c1-18(2)10-16-15(17(20)11-18)8-9-19(16)12-13-4-6-14(21-3)7-5-13/h4-9H,10-12H2,1-3H3. The third kappa shape index (κ3) is 2.73. The number of carbonyl (C=O) groups excluding carboxylic acids is 1. The first-order chi connectivity index (χ1) is 9.98. The third-order valence-electron chi connectivity index (χ3n) is 4.18. The van der Waals surface area contributed by atoms with Crippen LogP contribution in [0.3, 0.4) is 0 Å². The Bertz CT molecular complexity index is 665. The normalized spacial score (nSPS) is 16.6. The van der Waals surface area contributed by atoms with E-state index >= 15 is 0 Å². The molecule has 0 fully saturated rings.